The molecule has 0 saturated heterocycles. The lowest BCUT2D eigenvalue weighted by atomic mass is 10.1. The molecule has 94 valence electrons. The lowest BCUT2D eigenvalue weighted by Crippen LogP contribution is -2.21. The Morgan fingerprint density at radius 2 is 2.16 bits per heavy atom. The van der Waals surface area contributed by atoms with Gasteiger partial charge in [0.25, 0.3) is 0 Å². The van der Waals surface area contributed by atoms with Crippen LogP contribution in [0.25, 0.3) is 16.8 Å². The largest absolute Gasteiger partial charge is 0.483 e. The van der Waals surface area contributed by atoms with Gasteiger partial charge in [-0.3, -0.25) is 4.52 Å². The van der Waals surface area contributed by atoms with Crippen LogP contribution in [0.3, 0.4) is 0 Å². The topological polar surface area (TPSA) is 70.4 Å². The third kappa shape index (κ3) is 1.43. The Kier molecular flexibility index (Phi) is 1.94. The number of aromatic nitrogens is 2. The Morgan fingerprint density at radius 3 is 3.00 bits per heavy atom. The van der Waals surface area contributed by atoms with Crippen LogP contribution in [0.5, 0.6) is 5.75 Å². The van der Waals surface area contributed by atoms with Gasteiger partial charge in [-0.05, 0) is 23.8 Å². The van der Waals surface area contributed by atoms with Gasteiger partial charge in [0.15, 0.2) is 12.4 Å². The van der Waals surface area contributed by atoms with Crippen LogP contribution in [0.4, 0.5) is 0 Å². The van der Waals surface area contributed by atoms with Gasteiger partial charge >= 0.3 is 5.76 Å². The Hall–Kier alpha value is -2.76. The zero-order chi connectivity index (χ0) is 12.8. The highest BCUT2D eigenvalue weighted by atomic mass is 16.5. The minimum absolute atomic E-state index is 0.226. The molecule has 4 rings (SSSR count). The van der Waals surface area contributed by atoms with Gasteiger partial charge in [-0.15, -0.1) is 0 Å². The van der Waals surface area contributed by atoms with E-state index in [4.69, 9.17) is 9.15 Å². The van der Waals surface area contributed by atoms with E-state index in [0.29, 0.717) is 17.3 Å². The van der Waals surface area contributed by atoms with Gasteiger partial charge in [0.1, 0.15) is 5.75 Å². The minimum Gasteiger partial charge on any atom is -0.483 e. The first-order valence-corrected chi connectivity index (χ1v) is 5.70. The second-order valence-electron chi connectivity index (χ2n) is 4.18. The second kappa shape index (κ2) is 3.61. The molecule has 19 heavy (non-hydrogen) atoms. The maximum absolute atomic E-state index is 11.7. The van der Waals surface area contributed by atoms with Crippen molar-refractivity contribution in [2.75, 3.05) is 0 Å². The molecule has 0 aliphatic carbocycles. The predicted octanol–water partition coefficient (Wildman–Crippen LogP) is 1.98. The molecule has 0 bridgehead atoms. The van der Waals surface area contributed by atoms with Gasteiger partial charge in [0.2, 0.25) is 0 Å². The fourth-order valence-electron chi connectivity index (χ4n) is 2.17. The van der Waals surface area contributed by atoms with Gasteiger partial charge in [0.05, 0.1) is 18.2 Å². The van der Waals surface area contributed by atoms with Gasteiger partial charge in [-0.2, -0.15) is 0 Å². The molecule has 1 aliphatic heterocycles. The molecule has 0 N–H and O–H groups in total. The van der Waals surface area contributed by atoms with Crippen LogP contribution in [-0.2, 0) is 6.61 Å². The number of ether oxygens (including phenoxy) is 1. The van der Waals surface area contributed by atoms with Gasteiger partial charge < -0.3 is 9.15 Å². The van der Waals surface area contributed by atoms with Gasteiger partial charge in [0, 0.05) is 5.56 Å². The third-order valence-electron chi connectivity index (χ3n) is 3.08. The van der Waals surface area contributed by atoms with Crippen molar-refractivity contribution in [2.24, 2.45) is 0 Å². The predicted molar refractivity (Wildman–Crippen MR) is 64.1 cm³/mol. The van der Waals surface area contributed by atoms with Crippen LogP contribution < -0.4 is 10.5 Å². The molecule has 2 aromatic heterocycles. The lowest BCUT2D eigenvalue weighted by Gasteiger charge is -2.17. The van der Waals surface area contributed by atoms with Crippen molar-refractivity contribution < 1.29 is 13.7 Å². The number of fused-ring (bicyclic) bond motifs is 3. The first kappa shape index (κ1) is 10.2. The van der Waals surface area contributed by atoms with Gasteiger partial charge in [-0.1, -0.05) is 11.2 Å². The molecule has 0 atom stereocenters. The van der Waals surface area contributed by atoms with Crippen molar-refractivity contribution in [3.05, 3.63) is 53.2 Å². The highest BCUT2D eigenvalue weighted by Crippen LogP contribution is 2.32. The zero-order valence-electron chi connectivity index (χ0n) is 9.70. The summed E-state index contributed by atoms with van der Waals surface area (Å²) in [6.45, 7) is 0.226. The summed E-state index contributed by atoms with van der Waals surface area (Å²) in [5.41, 5.74) is 2.49. The maximum Gasteiger partial charge on any atom is 0.446 e. The number of hydrogen-bond acceptors (Lipinski definition) is 5. The summed E-state index contributed by atoms with van der Waals surface area (Å²) in [4.78, 5) is 11.7. The molecule has 0 radical (unpaired) electrons. The van der Waals surface area contributed by atoms with E-state index in [1.54, 1.807) is 12.5 Å². The van der Waals surface area contributed by atoms with E-state index in [0.717, 1.165) is 11.1 Å². The van der Waals surface area contributed by atoms with E-state index in [2.05, 4.69) is 9.68 Å². The smallest absolute Gasteiger partial charge is 0.446 e. The van der Waals surface area contributed by atoms with E-state index in [1.165, 1.54) is 4.57 Å². The lowest BCUT2D eigenvalue weighted by molar-refractivity contribution is 0.274. The molecular weight excluding hydrogens is 248 g/mol. The molecule has 0 unspecified atom stereocenters. The van der Waals surface area contributed by atoms with E-state index >= 15 is 0 Å². The highest BCUT2D eigenvalue weighted by molar-refractivity contribution is 5.68. The standard InChI is InChI=1S/C13H8N2O4/c16-13-15-10-5-8(9-3-4-17-6-9)1-2-11(10)18-7-12(15)14-19-13/h1-6H,7H2. The zero-order valence-corrected chi connectivity index (χ0v) is 9.70. The first-order valence-electron chi connectivity index (χ1n) is 5.70. The van der Waals surface area contributed by atoms with Crippen molar-refractivity contribution in [3.8, 4) is 22.6 Å². The average molecular weight is 256 g/mol. The molecule has 1 aromatic carbocycles. The number of nitrogens with zero attached hydrogens (tertiary/aromatic N) is 2. The van der Waals surface area contributed by atoms with Crippen LogP contribution in [-0.4, -0.2) is 9.72 Å². The Labute approximate surface area is 106 Å². The molecule has 6 heteroatoms. The van der Waals surface area contributed by atoms with E-state index in [9.17, 15) is 4.79 Å². The summed E-state index contributed by atoms with van der Waals surface area (Å²) in [6, 6.07) is 7.43. The molecule has 6 nitrogen and oxygen atoms in total. The molecule has 0 fully saturated rings. The van der Waals surface area contributed by atoms with Crippen molar-refractivity contribution in [3.63, 3.8) is 0 Å². The highest BCUT2D eigenvalue weighted by Gasteiger charge is 2.22. The van der Waals surface area contributed by atoms with Crippen molar-refractivity contribution in [1.29, 1.82) is 0 Å². The number of benzene rings is 1. The number of furan rings is 1. The Bertz CT molecular complexity index is 798. The van der Waals surface area contributed by atoms with Crippen LogP contribution in [0.2, 0.25) is 0 Å². The van der Waals surface area contributed by atoms with Crippen molar-refractivity contribution in [2.45, 2.75) is 6.61 Å². The van der Waals surface area contributed by atoms with Crippen LogP contribution in [0.1, 0.15) is 5.82 Å². The van der Waals surface area contributed by atoms with E-state index in [-0.39, 0.29) is 6.61 Å². The van der Waals surface area contributed by atoms with Crippen molar-refractivity contribution in [1.82, 2.24) is 9.72 Å². The second-order valence-corrected chi connectivity index (χ2v) is 4.18. The first-order chi connectivity index (χ1) is 9.33. The SMILES string of the molecule is O=c1onc2n1-c1cc(-c3ccoc3)ccc1OC2. The summed E-state index contributed by atoms with van der Waals surface area (Å²) in [5.74, 6) is 0.579. The van der Waals surface area contributed by atoms with Crippen LogP contribution >= 0.6 is 0 Å². The molecule has 1 aliphatic rings. The Morgan fingerprint density at radius 1 is 1.21 bits per heavy atom. The number of hydrogen-bond donors (Lipinski definition) is 0. The summed E-state index contributed by atoms with van der Waals surface area (Å²) in [7, 11) is 0. The van der Waals surface area contributed by atoms with Gasteiger partial charge in [-0.25, -0.2) is 9.36 Å². The molecule has 3 aromatic rings. The molecule has 0 spiro atoms. The van der Waals surface area contributed by atoms with E-state index < -0.39 is 5.76 Å². The molecule has 0 amide bonds. The maximum atomic E-state index is 11.7. The number of rotatable bonds is 1. The average Bonchev–Trinajstić information content (AvgIpc) is 3.08. The van der Waals surface area contributed by atoms with Crippen LogP contribution in [0, 0.1) is 0 Å². The van der Waals surface area contributed by atoms with E-state index in [1.807, 2.05) is 24.3 Å². The summed E-state index contributed by atoms with van der Waals surface area (Å²) >= 11 is 0. The fourth-order valence-corrected chi connectivity index (χ4v) is 2.17. The monoisotopic (exact) mass is 256 g/mol. The fraction of sp³-hybridized carbons (Fsp3) is 0.0769. The van der Waals surface area contributed by atoms with Crippen LogP contribution in [0.15, 0.2) is 50.5 Å². The Balaban J connectivity index is 1.96. The molecule has 0 saturated carbocycles. The summed E-state index contributed by atoms with van der Waals surface area (Å²) in [6.07, 6.45) is 3.24. The summed E-state index contributed by atoms with van der Waals surface area (Å²) in [5, 5.41) is 3.68. The quantitative estimate of drug-likeness (QED) is 0.665. The molecular formula is C13H8N2O4. The normalized spacial score (nSPS) is 12.6. The molecule has 3 heterocycles. The minimum atomic E-state index is -0.510. The summed E-state index contributed by atoms with van der Waals surface area (Å²) < 4.78 is 16.7. The van der Waals surface area contributed by atoms with Crippen molar-refractivity contribution >= 4 is 0 Å². The third-order valence-corrected chi connectivity index (χ3v) is 3.08.